The van der Waals surface area contributed by atoms with Gasteiger partial charge in [-0.15, -0.1) is 0 Å². The molecule has 2 saturated carbocycles. The molecule has 0 spiro atoms. The first-order chi connectivity index (χ1) is 18.6. The van der Waals surface area contributed by atoms with Crippen LogP contribution in [-0.4, -0.2) is 76.4 Å². The molecule has 0 bridgehead atoms. The first kappa shape index (κ1) is 30.0. The third-order valence-corrected chi connectivity index (χ3v) is 8.72. The standard InChI is InChI=1S/C30H41N3O7/c1-7-8-14-9-16(12-32-13-29(2,3)4)23(34)20-17(14)10-15-11-18-22(33(5)6)25(36)21(28(31)39)27(38)30(18,40)26(37)19(15)24(20)35/h9,15,18-19,21-22,32,34,40H,7-8,10-13H2,1-6H3,(H2,31,39)/t15-,18-,19?,21?,22-,30-/m0/s1. The average Bonchev–Trinajstić information content (AvgIpc) is 2.83. The van der Waals surface area contributed by atoms with E-state index in [9.17, 15) is 34.2 Å². The Kier molecular flexibility index (Phi) is 7.85. The molecule has 0 heterocycles. The minimum atomic E-state index is -2.72. The van der Waals surface area contributed by atoms with Crippen LogP contribution in [0.1, 0.15) is 67.6 Å². The van der Waals surface area contributed by atoms with Crippen molar-refractivity contribution in [3.63, 3.8) is 0 Å². The summed E-state index contributed by atoms with van der Waals surface area (Å²) in [5, 5.41) is 26.4. The Morgan fingerprint density at radius 2 is 1.80 bits per heavy atom. The van der Waals surface area contributed by atoms with Crippen LogP contribution in [0.5, 0.6) is 5.75 Å². The van der Waals surface area contributed by atoms with E-state index < -0.39 is 64.4 Å². The number of benzene rings is 1. The van der Waals surface area contributed by atoms with Gasteiger partial charge in [-0.2, -0.15) is 0 Å². The van der Waals surface area contributed by atoms with E-state index in [1.807, 2.05) is 13.0 Å². The molecule has 0 saturated heterocycles. The number of nitrogens with two attached hydrogens (primary N) is 1. The number of fused-ring (bicyclic) bond motifs is 3. The Morgan fingerprint density at radius 3 is 2.35 bits per heavy atom. The second kappa shape index (κ2) is 10.5. The molecule has 6 atom stereocenters. The van der Waals surface area contributed by atoms with Gasteiger partial charge >= 0.3 is 0 Å². The minimum Gasteiger partial charge on any atom is -0.507 e. The van der Waals surface area contributed by atoms with Crippen LogP contribution < -0.4 is 11.1 Å². The molecule has 1 aromatic rings. The van der Waals surface area contributed by atoms with Gasteiger partial charge in [-0.05, 0) is 55.8 Å². The highest BCUT2D eigenvalue weighted by molar-refractivity contribution is 6.32. The Bertz CT molecular complexity index is 1280. The molecule has 10 heteroatoms. The summed E-state index contributed by atoms with van der Waals surface area (Å²) < 4.78 is 0. The summed E-state index contributed by atoms with van der Waals surface area (Å²) in [6.45, 7) is 9.25. The second-order valence-corrected chi connectivity index (χ2v) is 13.1. The van der Waals surface area contributed by atoms with E-state index in [0.29, 0.717) is 30.6 Å². The van der Waals surface area contributed by atoms with Gasteiger partial charge in [0.15, 0.2) is 34.7 Å². The number of aryl methyl sites for hydroxylation is 1. The normalized spacial score (nSPS) is 30.2. The maximum atomic E-state index is 14.0. The first-order valence-electron chi connectivity index (χ1n) is 14.0. The Balaban J connectivity index is 1.81. The maximum Gasteiger partial charge on any atom is 0.235 e. The number of hydrogen-bond donors (Lipinski definition) is 4. The minimum absolute atomic E-state index is 0.000717. The molecule has 5 N–H and O–H groups in total. The lowest BCUT2D eigenvalue weighted by Gasteiger charge is -2.52. The van der Waals surface area contributed by atoms with Crippen molar-refractivity contribution in [3.05, 3.63) is 28.3 Å². The zero-order chi connectivity index (χ0) is 29.9. The molecular formula is C30H41N3O7. The van der Waals surface area contributed by atoms with Crippen LogP contribution in [0.4, 0.5) is 0 Å². The third kappa shape index (κ3) is 4.69. The lowest BCUT2D eigenvalue weighted by atomic mass is 9.52. The smallest absolute Gasteiger partial charge is 0.235 e. The number of Topliss-reactive ketones (excluding diaryl/α,β-unsaturated/α-hetero) is 4. The third-order valence-electron chi connectivity index (χ3n) is 8.72. The van der Waals surface area contributed by atoms with E-state index in [-0.39, 0.29) is 29.6 Å². The van der Waals surface area contributed by atoms with Crippen molar-refractivity contribution in [2.24, 2.45) is 34.8 Å². The maximum absolute atomic E-state index is 14.0. The van der Waals surface area contributed by atoms with Crippen molar-refractivity contribution in [1.29, 1.82) is 0 Å². The SMILES string of the molecule is CCCc1cc(CNCC(C)(C)C)c(O)c2c1C[C@H]1C[C@H]3[C@H](N(C)C)C(=O)C(C(N)=O)C(=O)[C@@]3(O)C(=O)C1C2=O. The summed E-state index contributed by atoms with van der Waals surface area (Å²) in [5.74, 6) is -10.2. The van der Waals surface area contributed by atoms with Gasteiger partial charge in [0.2, 0.25) is 5.91 Å². The molecule has 0 radical (unpaired) electrons. The fourth-order valence-electron chi connectivity index (χ4n) is 7.01. The highest BCUT2D eigenvalue weighted by Crippen LogP contribution is 2.51. The fourth-order valence-corrected chi connectivity index (χ4v) is 7.01. The number of likely N-dealkylation sites (N-methyl/N-ethyl adjacent to an activating group) is 1. The number of aromatic hydroxyl groups is 1. The molecule has 218 valence electrons. The zero-order valence-corrected chi connectivity index (χ0v) is 24.2. The number of aliphatic hydroxyl groups is 1. The van der Waals surface area contributed by atoms with Gasteiger partial charge in [0, 0.05) is 24.6 Å². The number of rotatable bonds is 7. The Labute approximate surface area is 234 Å². The van der Waals surface area contributed by atoms with Crippen LogP contribution in [-0.2, 0) is 38.6 Å². The predicted octanol–water partition coefficient (Wildman–Crippen LogP) is 0.955. The number of hydrogen-bond acceptors (Lipinski definition) is 9. The van der Waals surface area contributed by atoms with Gasteiger partial charge in [0.1, 0.15) is 5.75 Å². The van der Waals surface area contributed by atoms with Gasteiger partial charge in [0.25, 0.3) is 0 Å². The van der Waals surface area contributed by atoms with Gasteiger partial charge in [-0.25, -0.2) is 0 Å². The molecular weight excluding hydrogens is 514 g/mol. The molecule has 4 rings (SSSR count). The quantitative estimate of drug-likeness (QED) is 0.358. The van der Waals surface area contributed by atoms with Crippen molar-refractivity contribution in [2.45, 2.75) is 71.6 Å². The first-order valence-corrected chi connectivity index (χ1v) is 14.0. The van der Waals surface area contributed by atoms with Gasteiger partial charge < -0.3 is 21.3 Å². The van der Waals surface area contributed by atoms with Crippen LogP contribution >= 0.6 is 0 Å². The van der Waals surface area contributed by atoms with Crippen LogP contribution in [0.3, 0.4) is 0 Å². The Morgan fingerprint density at radius 1 is 1.15 bits per heavy atom. The van der Waals surface area contributed by atoms with Crippen molar-refractivity contribution >= 4 is 29.0 Å². The van der Waals surface area contributed by atoms with Gasteiger partial charge in [0.05, 0.1) is 17.5 Å². The monoisotopic (exact) mass is 555 g/mol. The van der Waals surface area contributed by atoms with Crippen LogP contribution in [0.15, 0.2) is 6.07 Å². The van der Waals surface area contributed by atoms with Crippen molar-refractivity contribution in [3.8, 4) is 5.75 Å². The molecule has 2 fully saturated rings. The van der Waals surface area contributed by atoms with Crippen molar-refractivity contribution < 1.29 is 34.2 Å². The highest BCUT2D eigenvalue weighted by Gasteiger charge is 2.69. The summed E-state index contributed by atoms with van der Waals surface area (Å²) in [7, 11) is 3.14. The summed E-state index contributed by atoms with van der Waals surface area (Å²) in [4.78, 5) is 68.3. The largest absolute Gasteiger partial charge is 0.507 e. The van der Waals surface area contributed by atoms with E-state index in [4.69, 9.17) is 5.73 Å². The number of phenolic OH excluding ortho intramolecular Hbond substituents is 1. The summed E-state index contributed by atoms with van der Waals surface area (Å²) in [6.07, 6.45) is 1.80. The molecule has 2 unspecified atom stereocenters. The van der Waals surface area contributed by atoms with E-state index >= 15 is 0 Å². The number of carbonyl (C=O) groups excluding carboxylic acids is 5. The number of phenols is 1. The predicted molar refractivity (Wildman–Crippen MR) is 147 cm³/mol. The van der Waals surface area contributed by atoms with E-state index in [0.717, 1.165) is 12.0 Å². The zero-order valence-electron chi connectivity index (χ0n) is 24.2. The highest BCUT2D eigenvalue weighted by atomic mass is 16.3. The topological polar surface area (TPSA) is 167 Å². The lowest BCUT2D eigenvalue weighted by molar-refractivity contribution is -0.181. The van der Waals surface area contributed by atoms with Crippen LogP contribution in [0, 0.1) is 29.1 Å². The number of primary amides is 1. The molecule has 10 nitrogen and oxygen atoms in total. The number of ketones is 4. The molecule has 0 aliphatic heterocycles. The Hall–Kier alpha value is -2.95. The molecule has 1 amide bonds. The average molecular weight is 556 g/mol. The molecule has 1 aromatic carbocycles. The summed E-state index contributed by atoms with van der Waals surface area (Å²) in [6, 6.07) is 0.803. The lowest BCUT2D eigenvalue weighted by Crippen LogP contribution is -2.74. The number of carbonyl (C=O) groups is 5. The van der Waals surface area contributed by atoms with Crippen molar-refractivity contribution in [1.82, 2.24) is 10.2 Å². The fraction of sp³-hybridized carbons (Fsp3) is 0.633. The molecule has 0 aromatic heterocycles. The number of nitrogens with zero attached hydrogens (tertiary/aromatic N) is 1. The second-order valence-electron chi connectivity index (χ2n) is 13.1. The molecule has 40 heavy (non-hydrogen) atoms. The van der Waals surface area contributed by atoms with Gasteiger partial charge in [-0.3, -0.25) is 28.9 Å². The van der Waals surface area contributed by atoms with Crippen LogP contribution in [0.25, 0.3) is 0 Å². The summed E-state index contributed by atoms with van der Waals surface area (Å²) >= 11 is 0. The summed E-state index contributed by atoms with van der Waals surface area (Å²) in [5.41, 5.74) is 4.85. The van der Waals surface area contributed by atoms with Crippen molar-refractivity contribution in [2.75, 3.05) is 20.6 Å². The number of amides is 1. The number of nitrogens with one attached hydrogen (secondary N) is 1. The molecule has 3 aliphatic carbocycles. The van der Waals surface area contributed by atoms with Gasteiger partial charge in [-0.1, -0.05) is 40.2 Å². The van der Waals surface area contributed by atoms with E-state index in [1.165, 1.54) is 4.90 Å². The van der Waals surface area contributed by atoms with E-state index in [1.54, 1.807) is 14.1 Å². The molecule has 3 aliphatic rings. The van der Waals surface area contributed by atoms with E-state index in [2.05, 4.69) is 26.1 Å². The van der Waals surface area contributed by atoms with Crippen LogP contribution in [0.2, 0.25) is 0 Å².